The van der Waals surface area contributed by atoms with E-state index in [0.717, 1.165) is 43.3 Å². The second kappa shape index (κ2) is 7.89. The number of nitrogens with one attached hydrogen (secondary N) is 1. The molecule has 3 aromatic rings. The van der Waals surface area contributed by atoms with Crippen molar-refractivity contribution in [1.29, 1.82) is 0 Å². The van der Waals surface area contributed by atoms with Crippen molar-refractivity contribution in [3.05, 3.63) is 53.6 Å². The number of aromatic amines is 1. The predicted octanol–water partition coefficient (Wildman–Crippen LogP) is 2.79. The number of piperazine rings is 1. The molecule has 8 heteroatoms. The molecule has 27 heavy (non-hydrogen) atoms. The van der Waals surface area contributed by atoms with E-state index in [1.807, 2.05) is 41.3 Å². The van der Waals surface area contributed by atoms with Gasteiger partial charge in [0.05, 0.1) is 13.8 Å². The summed E-state index contributed by atoms with van der Waals surface area (Å²) in [6, 6.07) is 11.9. The molecule has 1 N–H and O–H groups in total. The number of rotatable bonds is 5. The molecular weight excluding hydrogens is 360 g/mol. The van der Waals surface area contributed by atoms with Crippen LogP contribution in [0.25, 0.3) is 11.4 Å². The summed E-state index contributed by atoms with van der Waals surface area (Å²) in [4.78, 5) is 13.3. The van der Waals surface area contributed by atoms with Crippen LogP contribution in [0.15, 0.2) is 48.8 Å². The molecular formula is C19H22N6OS. The monoisotopic (exact) mass is 382 g/mol. The highest BCUT2D eigenvalue weighted by Crippen LogP contribution is 2.20. The Morgan fingerprint density at radius 2 is 1.74 bits per heavy atom. The minimum absolute atomic E-state index is 0.567. The highest BCUT2D eigenvalue weighted by molar-refractivity contribution is 7.71. The van der Waals surface area contributed by atoms with Gasteiger partial charge >= 0.3 is 0 Å². The van der Waals surface area contributed by atoms with Gasteiger partial charge in [-0.2, -0.15) is 4.98 Å². The maximum Gasteiger partial charge on any atom is 0.217 e. The number of hydrogen-bond acceptors (Lipinski definition) is 6. The highest BCUT2D eigenvalue weighted by atomic mass is 32.1. The molecule has 4 rings (SSSR count). The van der Waals surface area contributed by atoms with Crippen molar-refractivity contribution in [3.63, 3.8) is 0 Å². The largest absolute Gasteiger partial charge is 0.497 e. The lowest BCUT2D eigenvalue weighted by atomic mass is 10.2. The fourth-order valence-corrected chi connectivity index (χ4v) is 3.43. The molecule has 1 aliphatic heterocycles. The summed E-state index contributed by atoms with van der Waals surface area (Å²) in [5.74, 6) is 1.60. The maximum atomic E-state index is 5.44. The number of hydrogen-bond donors (Lipinski definition) is 1. The van der Waals surface area contributed by atoms with Crippen molar-refractivity contribution in [2.24, 2.45) is 0 Å². The molecule has 1 saturated heterocycles. The Kier molecular flexibility index (Phi) is 5.17. The molecule has 140 valence electrons. The number of H-pyrrole nitrogens is 1. The lowest BCUT2D eigenvalue weighted by molar-refractivity contribution is 0.194. The fourth-order valence-electron chi connectivity index (χ4n) is 3.23. The Labute approximate surface area is 163 Å². The lowest BCUT2D eigenvalue weighted by Gasteiger charge is -2.35. The highest BCUT2D eigenvalue weighted by Gasteiger charge is 2.18. The lowest BCUT2D eigenvalue weighted by Crippen LogP contribution is -2.46. The molecule has 0 aliphatic carbocycles. The van der Waals surface area contributed by atoms with Crippen LogP contribution < -0.4 is 9.64 Å². The normalized spacial score (nSPS) is 15.1. The van der Waals surface area contributed by atoms with E-state index in [-0.39, 0.29) is 0 Å². The smallest absolute Gasteiger partial charge is 0.217 e. The zero-order chi connectivity index (χ0) is 18.6. The van der Waals surface area contributed by atoms with Gasteiger partial charge in [0.25, 0.3) is 0 Å². The van der Waals surface area contributed by atoms with Crippen molar-refractivity contribution in [1.82, 2.24) is 24.6 Å². The predicted molar refractivity (Wildman–Crippen MR) is 107 cm³/mol. The number of ether oxygens (including phenoxy) is 1. The van der Waals surface area contributed by atoms with E-state index in [4.69, 9.17) is 17.0 Å². The molecule has 3 heterocycles. The van der Waals surface area contributed by atoms with Crippen molar-refractivity contribution in [3.8, 4) is 17.1 Å². The summed E-state index contributed by atoms with van der Waals surface area (Å²) in [6.07, 6.45) is 3.68. The van der Waals surface area contributed by atoms with E-state index in [0.29, 0.717) is 11.4 Å². The van der Waals surface area contributed by atoms with Crippen molar-refractivity contribution in [2.45, 2.75) is 6.67 Å². The first-order chi connectivity index (χ1) is 13.2. The van der Waals surface area contributed by atoms with Gasteiger partial charge in [-0.1, -0.05) is 0 Å². The average Bonchev–Trinajstić information content (AvgIpc) is 3.09. The molecule has 0 bridgehead atoms. The zero-order valence-electron chi connectivity index (χ0n) is 15.2. The van der Waals surface area contributed by atoms with Crippen LogP contribution in [0.5, 0.6) is 5.75 Å². The molecule has 0 amide bonds. The fraction of sp³-hybridized carbons (Fsp3) is 0.316. The van der Waals surface area contributed by atoms with Gasteiger partial charge in [0, 0.05) is 49.8 Å². The minimum atomic E-state index is 0.567. The Bertz CT molecular complexity index is 929. The van der Waals surface area contributed by atoms with Crippen LogP contribution in [0.2, 0.25) is 0 Å². The van der Waals surface area contributed by atoms with Crippen LogP contribution in [-0.2, 0) is 6.67 Å². The van der Waals surface area contributed by atoms with Crippen molar-refractivity contribution in [2.75, 3.05) is 38.2 Å². The van der Waals surface area contributed by atoms with E-state index < -0.39 is 0 Å². The van der Waals surface area contributed by atoms with Gasteiger partial charge < -0.3 is 9.64 Å². The van der Waals surface area contributed by atoms with Crippen molar-refractivity contribution < 1.29 is 4.74 Å². The molecule has 7 nitrogen and oxygen atoms in total. The molecule has 1 fully saturated rings. The van der Waals surface area contributed by atoms with Crippen LogP contribution >= 0.6 is 12.2 Å². The van der Waals surface area contributed by atoms with Gasteiger partial charge in [0.1, 0.15) is 5.75 Å². The number of aromatic nitrogens is 4. The van der Waals surface area contributed by atoms with E-state index >= 15 is 0 Å². The van der Waals surface area contributed by atoms with Crippen LogP contribution in [0.1, 0.15) is 0 Å². The van der Waals surface area contributed by atoms with Gasteiger partial charge in [0.15, 0.2) is 5.82 Å². The number of anilines is 1. The standard InChI is InChI=1S/C19H22N6OS/c1-26-17-4-2-15(3-5-17)18-21-19(27)25(22-18)14-23-10-12-24(13-11-23)16-6-8-20-9-7-16/h2-9H,10-14H2,1H3,(H,21,22,27). The first-order valence-corrected chi connectivity index (χ1v) is 9.32. The first kappa shape index (κ1) is 17.7. The second-order valence-electron chi connectivity index (χ2n) is 6.46. The molecule has 1 aromatic carbocycles. The Morgan fingerprint density at radius 1 is 1.04 bits per heavy atom. The van der Waals surface area contributed by atoms with Crippen LogP contribution in [-0.4, -0.2) is 57.9 Å². The number of methoxy groups -OCH3 is 1. The Hall–Kier alpha value is -2.71. The van der Waals surface area contributed by atoms with E-state index in [1.54, 1.807) is 7.11 Å². The van der Waals surface area contributed by atoms with Crippen LogP contribution in [0.3, 0.4) is 0 Å². The topological polar surface area (TPSA) is 62.2 Å². The summed E-state index contributed by atoms with van der Waals surface area (Å²) in [5, 5.41) is 3.32. The molecule has 0 saturated carbocycles. The summed E-state index contributed by atoms with van der Waals surface area (Å²) in [6.45, 7) is 4.63. The van der Waals surface area contributed by atoms with E-state index in [1.165, 1.54) is 5.69 Å². The summed E-state index contributed by atoms with van der Waals surface area (Å²) < 4.78 is 7.70. The summed E-state index contributed by atoms with van der Waals surface area (Å²) in [7, 11) is 1.66. The number of nitrogens with zero attached hydrogens (tertiary/aromatic N) is 5. The van der Waals surface area contributed by atoms with E-state index in [2.05, 4.69) is 37.0 Å². The molecule has 0 unspecified atom stereocenters. The second-order valence-corrected chi connectivity index (χ2v) is 6.83. The van der Waals surface area contributed by atoms with Gasteiger partial charge in [-0.25, -0.2) is 4.68 Å². The summed E-state index contributed by atoms with van der Waals surface area (Å²) >= 11 is 5.44. The SMILES string of the molecule is COc1ccc(-c2nc(=S)n(CN3CCN(c4ccncc4)CC3)[nH]2)cc1. The van der Waals surface area contributed by atoms with Gasteiger partial charge in [-0.15, -0.1) is 0 Å². The van der Waals surface area contributed by atoms with Gasteiger partial charge in [-0.05, 0) is 48.6 Å². The van der Waals surface area contributed by atoms with E-state index in [9.17, 15) is 0 Å². The Morgan fingerprint density at radius 3 is 2.41 bits per heavy atom. The third kappa shape index (κ3) is 4.01. The average molecular weight is 382 g/mol. The molecule has 0 atom stereocenters. The maximum absolute atomic E-state index is 5.44. The third-order valence-corrected chi connectivity index (χ3v) is 5.10. The molecule has 0 radical (unpaired) electrons. The quantitative estimate of drug-likeness (QED) is 0.685. The van der Waals surface area contributed by atoms with Gasteiger partial charge in [-0.3, -0.25) is 15.0 Å². The number of benzene rings is 1. The van der Waals surface area contributed by atoms with Crippen molar-refractivity contribution >= 4 is 17.9 Å². The third-order valence-electron chi connectivity index (χ3n) is 4.78. The number of pyridine rings is 1. The molecule has 0 spiro atoms. The molecule has 1 aliphatic rings. The first-order valence-electron chi connectivity index (χ1n) is 8.91. The zero-order valence-corrected chi connectivity index (χ0v) is 16.0. The van der Waals surface area contributed by atoms with Crippen LogP contribution in [0, 0.1) is 4.77 Å². The summed E-state index contributed by atoms with van der Waals surface area (Å²) in [5.41, 5.74) is 2.22. The van der Waals surface area contributed by atoms with Gasteiger partial charge in [0.2, 0.25) is 4.77 Å². The minimum Gasteiger partial charge on any atom is -0.497 e. The Balaban J connectivity index is 1.40. The molecule has 2 aromatic heterocycles. The van der Waals surface area contributed by atoms with Crippen LogP contribution in [0.4, 0.5) is 5.69 Å².